The van der Waals surface area contributed by atoms with Crippen molar-refractivity contribution in [2.24, 2.45) is 0 Å². The molecular formula is C10H9ClO2S. The summed E-state index contributed by atoms with van der Waals surface area (Å²) < 4.78 is 6.24. The van der Waals surface area contributed by atoms with Crippen LogP contribution in [-0.2, 0) is 6.61 Å². The molecule has 2 nitrogen and oxygen atoms in total. The van der Waals surface area contributed by atoms with Crippen molar-refractivity contribution in [1.29, 1.82) is 0 Å². The van der Waals surface area contributed by atoms with Crippen LogP contribution in [0.15, 0.2) is 17.5 Å². The maximum atomic E-state index is 9.10. The van der Waals surface area contributed by atoms with E-state index in [1.54, 1.807) is 24.5 Å². The summed E-state index contributed by atoms with van der Waals surface area (Å²) in [7, 11) is 1.61. The van der Waals surface area contributed by atoms with Crippen molar-refractivity contribution in [3.05, 3.63) is 28.1 Å². The lowest BCUT2D eigenvalue weighted by Crippen LogP contribution is -1.84. The highest BCUT2D eigenvalue weighted by Gasteiger charge is 2.09. The molecule has 0 amide bonds. The topological polar surface area (TPSA) is 29.5 Å². The van der Waals surface area contributed by atoms with Gasteiger partial charge in [0.2, 0.25) is 0 Å². The molecule has 1 heterocycles. The van der Waals surface area contributed by atoms with Gasteiger partial charge in [-0.25, -0.2) is 0 Å². The van der Waals surface area contributed by atoms with Crippen LogP contribution >= 0.6 is 22.9 Å². The third kappa shape index (κ3) is 1.47. The van der Waals surface area contributed by atoms with Gasteiger partial charge in [-0.15, -0.1) is 11.3 Å². The van der Waals surface area contributed by atoms with E-state index in [1.165, 1.54) is 0 Å². The lowest BCUT2D eigenvalue weighted by atomic mass is 10.2. The van der Waals surface area contributed by atoms with Crippen molar-refractivity contribution in [2.75, 3.05) is 7.11 Å². The molecule has 0 atom stereocenters. The Hall–Kier alpha value is -0.770. The summed E-state index contributed by atoms with van der Waals surface area (Å²) in [6, 6.07) is 3.63. The van der Waals surface area contributed by atoms with E-state index in [4.69, 9.17) is 21.4 Å². The molecule has 0 spiro atoms. The summed E-state index contributed by atoms with van der Waals surface area (Å²) in [5.41, 5.74) is 0.894. The lowest BCUT2D eigenvalue weighted by Gasteiger charge is -2.02. The van der Waals surface area contributed by atoms with Gasteiger partial charge in [-0.3, -0.25) is 0 Å². The SMILES string of the molecule is COc1cc(Cl)cc2c(CO)csc12. The average Bonchev–Trinajstić information content (AvgIpc) is 2.59. The van der Waals surface area contributed by atoms with Crippen LogP contribution in [0.1, 0.15) is 5.56 Å². The molecule has 0 radical (unpaired) electrons. The van der Waals surface area contributed by atoms with Crippen molar-refractivity contribution in [1.82, 2.24) is 0 Å². The highest BCUT2D eigenvalue weighted by molar-refractivity contribution is 7.17. The second-order valence-corrected chi connectivity index (χ2v) is 4.22. The van der Waals surface area contributed by atoms with Crippen molar-refractivity contribution in [2.45, 2.75) is 6.61 Å². The molecule has 2 aromatic rings. The molecule has 0 saturated heterocycles. The zero-order valence-corrected chi connectivity index (χ0v) is 9.15. The number of thiophene rings is 1. The van der Waals surface area contributed by atoms with E-state index in [1.807, 2.05) is 11.4 Å². The predicted molar refractivity (Wildman–Crippen MR) is 59.3 cm³/mol. The third-order valence-corrected chi connectivity index (χ3v) is 3.35. The Bertz CT molecular complexity index is 464. The van der Waals surface area contributed by atoms with Gasteiger partial charge in [-0.05, 0) is 17.0 Å². The lowest BCUT2D eigenvalue weighted by molar-refractivity contribution is 0.284. The van der Waals surface area contributed by atoms with Crippen LogP contribution in [0.3, 0.4) is 0 Å². The molecule has 4 heteroatoms. The molecule has 0 aliphatic carbocycles. The second kappa shape index (κ2) is 3.77. The van der Waals surface area contributed by atoms with E-state index in [0.717, 1.165) is 21.4 Å². The van der Waals surface area contributed by atoms with E-state index >= 15 is 0 Å². The number of methoxy groups -OCH3 is 1. The largest absolute Gasteiger partial charge is 0.495 e. The number of halogens is 1. The molecule has 2 rings (SSSR count). The fourth-order valence-electron chi connectivity index (χ4n) is 1.40. The number of benzene rings is 1. The maximum Gasteiger partial charge on any atom is 0.138 e. The van der Waals surface area contributed by atoms with Crippen LogP contribution in [0, 0.1) is 0 Å². The zero-order chi connectivity index (χ0) is 10.1. The van der Waals surface area contributed by atoms with Crippen molar-refractivity contribution < 1.29 is 9.84 Å². The van der Waals surface area contributed by atoms with Gasteiger partial charge < -0.3 is 9.84 Å². The van der Waals surface area contributed by atoms with Gasteiger partial charge in [0.1, 0.15) is 5.75 Å². The Labute approximate surface area is 90.7 Å². The van der Waals surface area contributed by atoms with Gasteiger partial charge in [0.15, 0.2) is 0 Å². The van der Waals surface area contributed by atoms with Gasteiger partial charge in [0.05, 0.1) is 18.4 Å². The van der Waals surface area contributed by atoms with E-state index in [0.29, 0.717) is 5.02 Å². The average molecular weight is 229 g/mol. The Morgan fingerprint density at radius 2 is 2.29 bits per heavy atom. The van der Waals surface area contributed by atoms with Gasteiger partial charge in [0, 0.05) is 16.5 Å². The number of ether oxygens (including phenoxy) is 1. The number of aliphatic hydroxyl groups is 1. The van der Waals surface area contributed by atoms with Crippen LogP contribution in [-0.4, -0.2) is 12.2 Å². The molecule has 0 aliphatic rings. The highest BCUT2D eigenvalue weighted by Crippen LogP contribution is 2.36. The minimum atomic E-state index is 0.0312. The second-order valence-electron chi connectivity index (χ2n) is 2.90. The molecular weight excluding hydrogens is 220 g/mol. The highest BCUT2D eigenvalue weighted by atomic mass is 35.5. The first-order valence-corrected chi connectivity index (χ1v) is 5.36. The van der Waals surface area contributed by atoms with Crippen LogP contribution < -0.4 is 4.74 Å². The number of hydrogen-bond donors (Lipinski definition) is 1. The van der Waals surface area contributed by atoms with Crippen LogP contribution in [0.5, 0.6) is 5.75 Å². The van der Waals surface area contributed by atoms with E-state index in [-0.39, 0.29) is 6.61 Å². The van der Waals surface area contributed by atoms with Gasteiger partial charge >= 0.3 is 0 Å². The monoisotopic (exact) mass is 228 g/mol. The van der Waals surface area contributed by atoms with Crippen molar-refractivity contribution in [3.63, 3.8) is 0 Å². The molecule has 0 aliphatic heterocycles. The first-order chi connectivity index (χ1) is 6.76. The quantitative estimate of drug-likeness (QED) is 0.856. The molecule has 0 unspecified atom stereocenters. The summed E-state index contributed by atoms with van der Waals surface area (Å²) >= 11 is 7.49. The molecule has 14 heavy (non-hydrogen) atoms. The maximum absolute atomic E-state index is 9.10. The molecule has 1 N–H and O–H groups in total. The van der Waals surface area contributed by atoms with Crippen LogP contribution in [0.2, 0.25) is 5.02 Å². The minimum Gasteiger partial charge on any atom is -0.495 e. The number of hydrogen-bond acceptors (Lipinski definition) is 3. The summed E-state index contributed by atoms with van der Waals surface area (Å²) in [5, 5.41) is 12.6. The van der Waals surface area contributed by atoms with E-state index in [9.17, 15) is 0 Å². The third-order valence-electron chi connectivity index (χ3n) is 2.07. The Kier molecular flexibility index (Phi) is 2.63. The van der Waals surface area contributed by atoms with E-state index < -0.39 is 0 Å². The molecule has 0 bridgehead atoms. The Morgan fingerprint density at radius 1 is 1.50 bits per heavy atom. The normalized spacial score (nSPS) is 10.8. The Balaban J connectivity index is 2.76. The number of aliphatic hydroxyl groups excluding tert-OH is 1. The van der Waals surface area contributed by atoms with Gasteiger partial charge in [0.25, 0.3) is 0 Å². The molecule has 1 aromatic carbocycles. The summed E-state index contributed by atoms with van der Waals surface area (Å²) in [4.78, 5) is 0. The number of fused-ring (bicyclic) bond motifs is 1. The standard InChI is InChI=1S/C10H9ClO2S/c1-13-9-3-7(11)2-8-6(4-12)5-14-10(8)9/h2-3,5,12H,4H2,1H3. The van der Waals surface area contributed by atoms with E-state index in [2.05, 4.69) is 0 Å². The first kappa shape index (κ1) is 9.77. The predicted octanol–water partition coefficient (Wildman–Crippen LogP) is 3.06. The summed E-state index contributed by atoms with van der Waals surface area (Å²) in [6.07, 6.45) is 0. The molecule has 1 aromatic heterocycles. The zero-order valence-electron chi connectivity index (χ0n) is 7.58. The van der Waals surface area contributed by atoms with Gasteiger partial charge in [-0.2, -0.15) is 0 Å². The van der Waals surface area contributed by atoms with Crippen LogP contribution in [0.25, 0.3) is 10.1 Å². The fraction of sp³-hybridized carbons (Fsp3) is 0.200. The van der Waals surface area contributed by atoms with Crippen molar-refractivity contribution >= 4 is 33.0 Å². The van der Waals surface area contributed by atoms with Crippen molar-refractivity contribution in [3.8, 4) is 5.75 Å². The number of rotatable bonds is 2. The summed E-state index contributed by atoms with van der Waals surface area (Å²) in [5.74, 6) is 0.761. The molecule has 0 fully saturated rings. The molecule has 0 saturated carbocycles. The molecule has 74 valence electrons. The van der Waals surface area contributed by atoms with Crippen LogP contribution in [0.4, 0.5) is 0 Å². The fourth-order valence-corrected chi connectivity index (χ4v) is 2.64. The minimum absolute atomic E-state index is 0.0312. The Morgan fingerprint density at radius 3 is 2.93 bits per heavy atom. The first-order valence-electron chi connectivity index (χ1n) is 4.10. The smallest absolute Gasteiger partial charge is 0.138 e. The summed E-state index contributed by atoms with van der Waals surface area (Å²) in [6.45, 7) is 0.0312. The van der Waals surface area contributed by atoms with Gasteiger partial charge in [-0.1, -0.05) is 11.6 Å².